The quantitative estimate of drug-likeness (QED) is 0.507. The second-order valence-corrected chi connectivity index (χ2v) is 6.66. The van der Waals surface area contributed by atoms with Gasteiger partial charge in [0, 0.05) is 13.1 Å². The minimum atomic E-state index is -1.59. The van der Waals surface area contributed by atoms with Crippen LogP contribution >= 0.6 is 0 Å². The Kier molecular flexibility index (Phi) is 4.89. The number of fused-ring (bicyclic) bond motifs is 1. The molecule has 3 heterocycles. The number of rotatable bonds is 6. The second kappa shape index (κ2) is 6.81. The molecule has 10 heteroatoms. The molecule has 0 bridgehead atoms. The van der Waals surface area contributed by atoms with Crippen molar-refractivity contribution in [3.63, 3.8) is 0 Å². The number of nitrogens with one attached hydrogen (secondary N) is 1. The Morgan fingerprint density at radius 1 is 1.36 bits per heavy atom. The summed E-state index contributed by atoms with van der Waals surface area (Å²) in [6.07, 6.45) is -0.130. The molecule has 3 rings (SSSR count). The van der Waals surface area contributed by atoms with Crippen molar-refractivity contribution in [1.82, 2.24) is 24.4 Å². The van der Waals surface area contributed by atoms with Crippen LogP contribution in [0, 0.1) is 0 Å². The number of aliphatic hydroxyl groups is 3. The molecule has 0 saturated carbocycles. The van der Waals surface area contributed by atoms with Crippen LogP contribution in [0.15, 0.2) is 12.7 Å². The van der Waals surface area contributed by atoms with E-state index in [1.807, 2.05) is 19.0 Å². The molecule has 1 saturated heterocycles. The number of hydrogen-bond acceptors (Lipinski definition) is 9. The van der Waals surface area contributed by atoms with Crippen LogP contribution in [-0.4, -0.2) is 91.3 Å². The maximum atomic E-state index is 10.6. The minimum absolute atomic E-state index is 0.396. The molecule has 1 fully saturated rings. The second-order valence-electron chi connectivity index (χ2n) is 6.66. The number of anilines is 1. The molecule has 1 aliphatic heterocycles. The van der Waals surface area contributed by atoms with Crippen LogP contribution in [0.4, 0.5) is 5.82 Å². The first-order chi connectivity index (χ1) is 11.9. The number of aromatic nitrogens is 4. The van der Waals surface area contributed by atoms with Gasteiger partial charge in [0.2, 0.25) is 0 Å². The predicted octanol–water partition coefficient (Wildman–Crippen LogP) is -1.20. The van der Waals surface area contributed by atoms with Gasteiger partial charge < -0.3 is 30.3 Å². The summed E-state index contributed by atoms with van der Waals surface area (Å²) in [5.74, 6) is 0.586. The summed E-state index contributed by atoms with van der Waals surface area (Å²) >= 11 is 0. The summed E-state index contributed by atoms with van der Waals surface area (Å²) in [4.78, 5) is 14.8. The summed E-state index contributed by atoms with van der Waals surface area (Å²) in [6, 6.07) is 0. The molecule has 25 heavy (non-hydrogen) atoms. The molecule has 0 amide bonds. The number of hydrogen-bond donors (Lipinski definition) is 4. The van der Waals surface area contributed by atoms with E-state index in [4.69, 9.17) is 4.74 Å². The van der Waals surface area contributed by atoms with Gasteiger partial charge in [0.1, 0.15) is 24.1 Å². The number of nitrogens with zero attached hydrogens (tertiary/aromatic N) is 5. The highest BCUT2D eigenvalue weighted by atomic mass is 16.6. The van der Waals surface area contributed by atoms with Crippen LogP contribution in [0.5, 0.6) is 0 Å². The van der Waals surface area contributed by atoms with Gasteiger partial charge in [-0.2, -0.15) is 0 Å². The van der Waals surface area contributed by atoms with Crippen molar-refractivity contribution < 1.29 is 20.1 Å². The molecule has 0 radical (unpaired) electrons. The minimum Gasteiger partial charge on any atom is -0.394 e. The lowest BCUT2D eigenvalue weighted by atomic mass is 9.96. The van der Waals surface area contributed by atoms with E-state index in [0.717, 1.165) is 6.54 Å². The largest absolute Gasteiger partial charge is 0.394 e. The Balaban J connectivity index is 1.91. The SMILES string of the molecule is CN(C)CCNc1ncnc2c1ncn2C1OC(CO)C(O)[C@@]1(C)O. The van der Waals surface area contributed by atoms with Gasteiger partial charge in [-0.3, -0.25) is 4.57 Å². The normalized spacial score (nSPS) is 29.6. The molecule has 0 spiro atoms. The highest BCUT2D eigenvalue weighted by Gasteiger charge is 2.53. The van der Waals surface area contributed by atoms with Crippen molar-refractivity contribution in [2.24, 2.45) is 0 Å². The van der Waals surface area contributed by atoms with Crippen molar-refractivity contribution in [1.29, 1.82) is 0 Å². The first-order valence-corrected chi connectivity index (χ1v) is 8.09. The van der Waals surface area contributed by atoms with Crippen LogP contribution in [0.25, 0.3) is 11.2 Å². The Bertz CT molecular complexity index is 734. The molecular weight excluding hydrogens is 328 g/mol. The molecule has 4 N–H and O–H groups in total. The van der Waals surface area contributed by atoms with Crippen LogP contribution in [0.3, 0.4) is 0 Å². The Morgan fingerprint density at radius 2 is 2.12 bits per heavy atom. The average Bonchev–Trinajstić information content (AvgIpc) is 3.08. The summed E-state index contributed by atoms with van der Waals surface area (Å²) in [5.41, 5.74) is -0.578. The maximum Gasteiger partial charge on any atom is 0.168 e. The van der Waals surface area contributed by atoms with Crippen molar-refractivity contribution in [2.75, 3.05) is 39.1 Å². The van der Waals surface area contributed by atoms with E-state index in [-0.39, 0.29) is 0 Å². The molecule has 3 unspecified atom stereocenters. The summed E-state index contributed by atoms with van der Waals surface area (Å²) in [6.45, 7) is 2.58. The zero-order chi connectivity index (χ0) is 18.2. The van der Waals surface area contributed by atoms with E-state index in [0.29, 0.717) is 23.5 Å². The molecule has 10 nitrogen and oxygen atoms in total. The lowest BCUT2D eigenvalue weighted by Gasteiger charge is -2.27. The fraction of sp³-hybridized carbons (Fsp3) is 0.667. The van der Waals surface area contributed by atoms with E-state index in [1.54, 1.807) is 4.57 Å². The van der Waals surface area contributed by atoms with E-state index in [1.165, 1.54) is 19.6 Å². The van der Waals surface area contributed by atoms with Crippen molar-refractivity contribution in [3.8, 4) is 0 Å². The number of likely N-dealkylation sites (N-methyl/N-ethyl adjacent to an activating group) is 1. The van der Waals surface area contributed by atoms with Crippen molar-refractivity contribution >= 4 is 17.0 Å². The smallest absolute Gasteiger partial charge is 0.168 e. The first-order valence-electron chi connectivity index (χ1n) is 8.09. The molecule has 2 aromatic heterocycles. The molecule has 1 aliphatic rings. The fourth-order valence-electron chi connectivity index (χ4n) is 2.94. The Hall–Kier alpha value is -1.85. The summed E-state index contributed by atoms with van der Waals surface area (Å²) < 4.78 is 7.18. The third-order valence-electron chi connectivity index (χ3n) is 4.40. The molecule has 4 atom stereocenters. The van der Waals surface area contributed by atoms with Crippen molar-refractivity contribution in [2.45, 2.75) is 31.0 Å². The van der Waals surface area contributed by atoms with Crippen molar-refractivity contribution in [3.05, 3.63) is 12.7 Å². The predicted molar refractivity (Wildman–Crippen MR) is 90.0 cm³/mol. The van der Waals surface area contributed by atoms with Crippen LogP contribution in [0.1, 0.15) is 13.2 Å². The lowest BCUT2D eigenvalue weighted by molar-refractivity contribution is -0.0950. The van der Waals surface area contributed by atoms with Gasteiger partial charge in [-0.05, 0) is 21.0 Å². The lowest BCUT2D eigenvalue weighted by Crippen LogP contribution is -2.44. The van der Waals surface area contributed by atoms with Crippen LogP contribution in [0.2, 0.25) is 0 Å². The molecule has 2 aromatic rings. The zero-order valence-electron chi connectivity index (χ0n) is 14.5. The van der Waals surface area contributed by atoms with E-state index < -0.39 is 30.6 Å². The molecule has 0 aromatic carbocycles. The standard InChI is InChI=1S/C15H24N6O4/c1-15(24)11(23)9(6-22)25-14(15)21-8-19-10-12(16-4-5-20(2)3)17-7-18-13(10)21/h7-9,11,14,22-24H,4-6H2,1-3H3,(H,16,17,18)/t9?,11?,14?,15-/m1/s1. The number of aliphatic hydroxyl groups excluding tert-OH is 2. The first kappa shape index (κ1) is 18.0. The van der Waals surface area contributed by atoms with E-state index >= 15 is 0 Å². The molecule has 138 valence electrons. The maximum absolute atomic E-state index is 10.6. The van der Waals surface area contributed by atoms with Gasteiger partial charge in [-0.25, -0.2) is 15.0 Å². The van der Waals surface area contributed by atoms with Crippen LogP contribution < -0.4 is 5.32 Å². The average molecular weight is 352 g/mol. The topological polar surface area (TPSA) is 129 Å². The summed E-state index contributed by atoms with van der Waals surface area (Å²) in [7, 11) is 3.96. The highest BCUT2D eigenvalue weighted by Crippen LogP contribution is 2.39. The van der Waals surface area contributed by atoms with Gasteiger partial charge in [0.25, 0.3) is 0 Å². The van der Waals surface area contributed by atoms with Gasteiger partial charge >= 0.3 is 0 Å². The fourth-order valence-corrected chi connectivity index (χ4v) is 2.94. The van der Waals surface area contributed by atoms with Gasteiger partial charge in [0.15, 0.2) is 23.2 Å². The number of imidazole rings is 1. The Labute approximate surface area is 145 Å². The van der Waals surface area contributed by atoms with Crippen LogP contribution in [-0.2, 0) is 4.74 Å². The summed E-state index contributed by atoms with van der Waals surface area (Å²) in [5, 5.41) is 33.3. The number of ether oxygens (including phenoxy) is 1. The third kappa shape index (κ3) is 3.18. The monoisotopic (exact) mass is 352 g/mol. The van der Waals surface area contributed by atoms with Gasteiger partial charge in [-0.15, -0.1) is 0 Å². The van der Waals surface area contributed by atoms with E-state index in [9.17, 15) is 15.3 Å². The molecule has 0 aliphatic carbocycles. The van der Waals surface area contributed by atoms with E-state index in [2.05, 4.69) is 20.3 Å². The highest BCUT2D eigenvalue weighted by molar-refractivity contribution is 5.82. The van der Waals surface area contributed by atoms with Gasteiger partial charge in [-0.1, -0.05) is 0 Å². The van der Waals surface area contributed by atoms with Gasteiger partial charge in [0.05, 0.1) is 12.9 Å². The zero-order valence-corrected chi connectivity index (χ0v) is 14.5. The third-order valence-corrected chi connectivity index (χ3v) is 4.40. The Morgan fingerprint density at radius 3 is 2.76 bits per heavy atom. The molecular formula is C15H24N6O4.